The van der Waals surface area contributed by atoms with Crippen LogP contribution in [0.25, 0.3) is 0 Å². The van der Waals surface area contributed by atoms with Gasteiger partial charge in [0.15, 0.2) is 0 Å². The molecule has 0 saturated carbocycles. The van der Waals surface area contributed by atoms with Gasteiger partial charge in [0.1, 0.15) is 0 Å². The third-order valence-corrected chi connectivity index (χ3v) is 4.04. The van der Waals surface area contributed by atoms with Crippen LogP contribution in [0.3, 0.4) is 0 Å². The van der Waals surface area contributed by atoms with Crippen molar-refractivity contribution < 1.29 is 13.2 Å². The number of sulfonamides is 1. The van der Waals surface area contributed by atoms with E-state index in [-0.39, 0.29) is 17.6 Å². The first-order valence-electron chi connectivity index (χ1n) is 7.19. The number of nitrogens with one attached hydrogen (secondary N) is 1. The molecule has 1 atom stereocenters. The van der Waals surface area contributed by atoms with Gasteiger partial charge in [0.05, 0.1) is 17.5 Å². The van der Waals surface area contributed by atoms with E-state index in [4.69, 9.17) is 5.73 Å². The summed E-state index contributed by atoms with van der Waals surface area (Å²) in [6.45, 7) is 4.60. The number of carbonyl (C=O) groups excluding carboxylic acids is 1. The predicted molar refractivity (Wildman–Crippen MR) is 89.3 cm³/mol. The molecule has 1 aromatic carbocycles. The maximum absolute atomic E-state index is 12.5. The Morgan fingerprint density at radius 3 is 2.45 bits per heavy atom. The van der Waals surface area contributed by atoms with Crippen LogP contribution >= 0.6 is 0 Å². The third kappa shape index (κ3) is 5.65. The number of hydrogen-bond donors (Lipinski definition) is 2. The van der Waals surface area contributed by atoms with E-state index in [0.717, 1.165) is 6.26 Å². The van der Waals surface area contributed by atoms with Crippen LogP contribution in [-0.2, 0) is 10.0 Å². The lowest BCUT2D eigenvalue weighted by molar-refractivity contribution is 0.0790. The highest BCUT2D eigenvalue weighted by Crippen LogP contribution is 2.18. The Labute approximate surface area is 132 Å². The smallest absolute Gasteiger partial charge is 0.255 e. The number of nitrogens with two attached hydrogens (primary N) is 1. The van der Waals surface area contributed by atoms with Crippen molar-refractivity contribution >= 4 is 21.6 Å². The fraction of sp³-hybridized carbons (Fsp3) is 0.533. The summed E-state index contributed by atoms with van der Waals surface area (Å²) in [5.41, 5.74) is 6.60. The maximum Gasteiger partial charge on any atom is 0.255 e. The van der Waals surface area contributed by atoms with Crippen LogP contribution in [0.1, 0.15) is 30.6 Å². The highest BCUT2D eigenvalue weighted by Gasteiger charge is 2.18. The molecular weight excluding hydrogens is 302 g/mol. The number of anilines is 1. The maximum atomic E-state index is 12.5. The van der Waals surface area contributed by atoms with Crippen LogP contribution in [0.15, 0.2) is 24.3 Å². The quantitative estimate of drug-likeness (QED) is 0.794. The van der Waals surface area contributed by atoms with Gasteiger partial charge in [-0.05, 0) is 24.5 Å². The van der Waals surface area contributed by atoms with Gasteiger partial charge in [-0.3, -0.25) is 9.52 Å². The van der Waals surface area contributed by atoms with Gasteiger partial charge in [-0.25, -0.2) is 8.42 Å². The fourth-order valence-corrected chi connectivity index (χ4v) is 2.52. The molecule has 124 valence electrons. The van der Waals surface area contributed by atoms with Gasteiger partial charge in [-0.1, -0.05) is 26.0 Å². The molecule has 0 saturated heterocycles. The van der Waals surface area contributed by atoms with Crippen LogP contribution in [-0.4, -0.2) is 45.1 Å². The average Bonchev–Trinajstić information content (AvgIpc) is 2.42. The van der Waals surface area contributed by atoms with E-state index in [2.05, 4.69) is 4.72 Å². The third-order valence-electron chi connectivity index (χ3n) is 3.45. The van der Waals surface area contributed by atoms with Crippen molar-refractivity contribution in [1.82, 2.24) is 4.90 Å². The predicted octanol–water partition coefficient (Wildman–Crippen LogP) is 1.50. The van der Waals surface area contributed by atoms with Gasteiger partial charge in [0.2, 0.25) is 10.0 Å². The molecule has 0 aliphatic rings. The molecule has 0 aliphatic carbocycles. The minimum Gasteiger partial charge on any atom is -0.342 e. The van der Waals surface area contributed by atoms with E-state index >= 15 is 0 Å². The first kappa shape index (κ1) is 18.4. The van der Waals surface area contributed by atoms with E-state index in [0.29, 0.717) is 24.4 Å². The largest absolute Gasteiger partial charge is 0.342 e. The van der Waals surface area contributed by atoms with E-state index in [1.54, 1.807) is 36.2 Å². The minimum atomic E-state index is -3.44. The molecule has 3 N–H and O–H groups in total. The van der Waals surface area contributed by atoms with Crippen molar-refractivity contribution in [2.45, 2.75) is 26.3 Å². The zero-order valence-electron chi connectivity index (χ0n) is 13.5. The second kappa shape index (κ2) is 7.60. The van der Waals surface area contributed by atoms with Gasteiger partial charge >= 0.3 is 0 Å². The van der Waals surface area contributed by atoms with E-state index < -0.39 is 10.0 Å². The van der Waals surface area contributed by atoms with E-state index in [9.17, 15) is 13.2 Å². The molecule has 1 rings (SSSR count). The van der Waals surface area contributed by atoms with Crippen molar-refractivity contribution in [2.24, 2.45) is 11.7 Å². The lowest BCUT2D eigenvalue weighted by Crippen LogP contribution is -2.35. The second-order valence-electron chi connectivity index (χ2n) is 5.84. The molecule has 1 amide bonds. The Balaban J connectivity index is 2.84. The average molecular weight is 327 g/mol. The molecule has 0 heterocycles. The van der Waals surface area contributed by atoms with Crippen LogP contribution < -0.4 is 10.5 Å². The first-order valence-corrected chi connectivity index (χ1v) is 9.09. The summed E-state index contributed by atoms with van der Waals surface area (Å²) in [5.74, 6) is 0.116. The summed E-state index contributed by atoms with van der Waals surface area (Å²) >= 11 is 0. The summed E-state index contributed by atoms with van der Waals surface area (Å²) in [7, 11) is -1.75. The number of amides is 1. The molecule has 0 aliphatic heterocycles. The lowest BCUT2D eigenvalue weighted by atomic mass is 10.0. The highest BCUT2D eigenvalue weighted by atomic mass is 32.2. The SMILES string of the molecule is CC(C)C(N)CCN(C)C(=O)c1ccccc1NS(C)(=O)=O. The van der Waals surface area contributed by atoms with Gasteiger partial charge in [-0.15, -0.1) is 0 Å². The number of benzene rings is 1. The van der Waals surface area contributed by atoms with Crippen molar-refractivity contribution in [3.8, 4) is 0 Å². The summed E-state index contributed by atoms with van der Waals surface area (Å²) < 4.78 is 25.1. The molecule has 0 bridgehead atoms. The van der Waals surface area contributed by atoms with E-state index in [1.807, 2.05) is 13.8 Å². The lowest BCUT2D eigenvalue weighted by Gasteiger charge is -2.22. The monoisotopic (exact) mass is 327 g/mol. The van der Waals surface area contributed by atoms with Gasteiger partial charge in [0, 0.05) is 19.6 Å². The normalized spacial score (nSPS) is 13.0. The van der Waals surface area contributed by atoms with Gasteiger partial charge in [-0.2, -0.15) is 0 Å². The van der Waals surface area contributed by atoms with Crippen LogP contribution in [0.4, 0.5) is 5.69 Å². The fourth-order valence-electron chi connectivity index (χ4n) is 1.94. The van der Waals surface area contributed by atoms with Crippen LogP contribution in [0.2, 0.25) is 0 Å². The Hall–Kier alpha value is -1.60. The van der Waals surface area contributed by atoms with Crippen molar-refractivity contribution in [3.63, 3.8) is 0 Å². The molecule has 6 nitrogen and oxygen atoms in total. The Kier molecular flexibility index (Phi) is 6.37. The topological polar surface area (TPSA) is 92.5 Å². The van der Waals surface area contributed by atoms with Crippen LogP contribution in [0.5, 0.6) is 0 Å². The van der Waals surface area contributed by atoms with Crippen molar-refractivity contribution in [1.29, 1.82) is 0 Å². The molecule has 22 heavy (non-hydrogen) atoms. The van der Waals surface area contributed by atoms with Crippen molar-refractivity contribution in [3.05, 3.63) is 29.8 Å². The summed E-state index contributed by atoms with van der Waals surface area (Å²) in [6.07, 6.45) is 1.75. The zero-order valence-corrected chi connectivity index (χ0v) is 14.4. The van der Waals surface area contributed by atoms with Crippen LogP contribution in [0, 0.1) is 5.92 Å². The highest BCUT2D eigenvalue weighted by molar-refractivity contribution is 7.92. The molecular formula is C15H25N3O3S. The Bertz CT molecular complexity index is 614. The number of para-hydroxylation sites is 1. The standard InChI is InChI=1S/C15H25N3O3S/c1-11(2)13(16)9-10-18(3)15(19)12-7-5-6-8-14(12)17-22(4,20)21/h5-8,11,13,17H,9-10,16H2,1-4H3. The molecule has 0 aromatic heterocycles. The Morgan fingerprint density at radius 1 is 1.32 bits per heavy atom. The first-order chi connectivity index (χ1) is 10.1. The minimum absolute atomic E-state index is 0.0274. The summed E-state index contributed by atoms with van der Waals surface area (Å²) in [4.78, 5) is 14.0. The number of nitrogens with zero attached hydrogens (tertiary/aromatic N) is 1. The number of carbonyl (C=O) groups is 1. The van der Waals surface area contributed by atoms with E-state index in [1.165, 1.54) is 0 Å². The van der Waals surface area contributed by atoms with Gasteiger partial charge in [0.25, 0.3) is 5.91 Å². The zero-order chi connectivity index (χ0) is 16.9. The molecule has 0 radical (unpaired) electrons. The Morgan fingerprint density at radius 2 is 1.91 bits per heavy atom. The number of hydrogen-bond acceptors (Lipinski definition) is 4. The number of rotatable bonds is 7. The molecule has 0 spiro atoms. The second-order valence-corrected chi connectivity index (χ2v) is 7.59. The van der Waals surface area contributed by atoms with Gasteiger partial charge < -0.3 is 10.6 Å². The van der Waals surface area contributed by atoms with Crippen molar-refractivity contribution in [2.75, 3.05) is 24.6 Å². The molecule has 1 unspecified atom stereocenters. The summed E-state index contributed by atoms with van der Waals surface area (Å²) in [5, 5.41) is 0. The molecule has 0 fully saturated rings. The molecule has 7 heteroatoms. The molecule has 1 aromatic rings. The summed E-state index contributed by atoms with van der Waals surface area (Å²) in [6, 6.07) is 6.59.